The summed E-state index contributed by atoms with van der Waals surface area (Å²) in [6, 6.07) is 11.9. The molecule has 7 heteroatoms. The maximum Gasteiger partial charge on any atom is 0.265 e. The number of benzene rings is 1. The average molecular weight is 372 g/mol. The van der Waals surface area contributed by atoms with Crippen LogP contribution in [0.2, 0.25) is 5.02 Å². The number of nitrogens with one attached hydrogen (secondary N) is 2. The molecule has 2 heterocycles. The lowest BCUT2D eigenvalue weighted by Crippen LogP contribution is -2.15. The number of rotatable bonds is 4. The fourth-order valence-electron chi connectivity index (χ4n) is 2.15. The molecule has 2 N–H and O–H groups in total. The molecule has 0 bridgehead atoms. The Kier molecular flexibility index (Phi) is 5.11. The molecular weight excluding hydrogens is 358 g/mol. The summed E-state index contributed by atoms with van der Waals surface area (Å²) in [4.78, 5) is 29.3. The molecule has 3 aromatic rings. The Morgan fingerprint density at radius 3 is 2.64 bits per heavy atom. The second-order valence-electron chi connectivity index (χ2n) is 5.25. The third-order valence-corrected chi connectivity index (χ3v) is 4.66. The summed E-state index contributed by atoms with van der Waals surface area (Å²) in [6.45, 7) is 1.86. The Bertz CT molecular complexity index is 926. The van der Waals surface area contributed by atoms with Crippen molar-refractivity contribution in [2.45, 2.75) is 6.92 Å². The molecule has 3 rings (SSSR count). The smallest absolute Gasteiger partial charge is 0.265 e. The quantitative estimate of drug-likeness (QED) is 0.703. The number of aryl methyl sites for hydroxylation is 1. The van der Waals surface area contributed by atoms with Crippen LogP contribution >= 0.6 is 22.9 Å². The molecule has 126 valence electrons. The zero-order valence-electron chi connectivity index (χ0n) is 13.2. The predicted octanol–water partition coefficient (Wildman–Crippen LogP) is 4.61. The topological polar surface area (TPSA) is 71.1 Å². The summed E-state index contributed by atoms with van der Waals surface area (Å²) in [5.74, 6) is -0.105. The molecule has 0 saturated heterocycles. The third kappa shape index (κ3) is 4.04. The average Bonchev–Trinajstić information content (AvgIpc) is 3.13. The first-order chi connectivity index (χ1) is 12.0. The SMILES string of the molecule is Cc1cccnc1NC(=O)c1ccc(Cl)c(NC(=O)c2cccs2)c1. The lowest BCUT2D eigenvalue weighted by molar-refractivity contribution is 0.101. The van der Waals surface area contributed by atoms with Gasteiger partial charge in [-0.1, -0.05) is 23.7 Å². The third-order valence-electron chi connectivity index (χ3n) is 3.46. The van der Waals surface area contributed by atoms with Crippen molar-refractivity contribution >= 4 is 46.3 Å². The highest BCUT2D eigenvalue weighted by atomic mass is 35.5. The second-order valence-corrected chi connectivity index (χ2v) is 6.60. The molecular formula is C18H14ClN3O2S. The fourth-order valence-corrected chi connectivity index (χ4v) is 2.93. The van der Waals surface area contributed by atoms with Gasteiger partial charge in [0.2, 0.25) is 0 Å². The number of anilines is 2. The number of carbonyl (C=O) groups excluding carboxylic acids is 2. The number of nitrogens with zero attached hydrogens (tertiary/aromatic N) is 1. The van der Waals surface area contributed by atoms with Gasteiger partial charge in [0.25, 0.3) is 11.8 Å². The number of halogens is 1. The van der Waals surface area contributed by atoms with E-state index in [1.165, 1.54) is 11.3 Å². The Hall–Kier alpha value is -2.70. The van der Waals surface area contributed by atoms with E-state index in [0.717, 1.165) is 5.56 Å². The maximum atomic E-state index is 12.4. The summed E-state index contributed by atoms with van der Waals surface area (Å²) >= 11 is 7.46. The lowest BCUT2D eigenvalue weighted by Gasteiger charge is -2.10. The number of aromatic nitrogens is 1. The molecule has 0 unspecified atom stereocenters. The molecule has 1 aromatic carbocycles. The van der Waals surface area contributed by atoms with Gasteiger partial charge in [-0.2, -0.15) is 0 Å². The molecule has 5 nitrogen and oxygen atoms in total. The van der Waals surface area contributed by atoms with E-state index in [1.807, 2.05) is 18.4 Å². The van der Waals surface area contributed by atoms with Crippen molar-refractivity contribution in [3.8, 4) is 0 Å². The number of hydrogen-bond donors (Lipinski definition) is 2. The highest BCUT2D eigenvalue weighted by Gasteiger charge is 2.14. The van der Waals surface area contributed by atoms with Crippen molar-refractivity contribution in [3.63, 3.8) is 0 Å². The van der Waals surface area contributed by atoms with Crippen LogP contribution in [0.3, 0.4) is 0 Å². The van der Waals surface area contributed by atoms with E-state index >= 15 is 0 Å². The Balaban J connectivity index is 1.80. The standard InChI is InChI=1S/C18H14ClN3O2S/c1-11-4-2-8-20-16(11)22-17(23)12-6-7-13(19)14(10-12)21-18(24)15-5-3-9-25-15/h2-10H,1H3,(H,21,24)(H,20,22,23). The monoisotopic (exact) mass is 371 g/mol. The molecule has 0 saturated carbocycles. The predicted molar refractivity (Wildman–Crippen MR) is 101 cm³/mol. The van der Waals surface area contributed by atoms with Crippen LogP contribution in [0.15, 0.2) is 54.0 Å². The van der Waals surface area contributed by atoms with E-state index in [4.69, 9.17) is 11.6 Å². The largest absolute Gasteiger partial charge is 0.320 e. The van der Waals surface area contributed by atoms with Crippen molar-refractivity contribution < 1.29 is 9.59 Å². The molecule has 0 atom stereocenters. The van der Waals surface area contributed by atoms with Crippen LogP contribution in [-0.4, -0.2) is 16.8 Å². The summed E-state index contributed by atoms with van der Waals surface area (Å²) in [7, 11) is 0. The molecule has 0 aliphatic heterocycles. The Morgan fingerprint density at radius 2 is 1.92 bits per heavy atom. The number of hydrogen-bond acceptors (Lipinski definition) is 4. The minimum Gasteiger partial charge on any atom is -0.320 e. The zero-order chi connectivity index (χ0) is 17.8. The fraction of sp³-hybridized carbons (Fsp3) is 0.0556. The van der Waals surface area contributed by atoms with Gasteiger partial charge in [-0.05, 0) is 48.2 Å². The summed E-state index contributed by atoms with van der Waals surface area (Å²) < 4.78 is 0. The maximum absolute atomic E-state index is 12.4. The molecule has 0 aliphatic rings. The van der Waals surface area contributed by atoms with Gasteiger partial charge in [-0.3, -0.25) is 9.59 Å². The number of carbonyl (C=O) groups is 2. The first-order valence-corrected chi connectivity index (χ1v) is 8.68. The van der Waals surface area contributed by atoms with Crippen molar-refractivity contribution in [2.75, 3.05) is 10.6 Å². The molecule has 0 spiro atoms. The molecule has 2 aromatic heterocycles. The van der Waals surface area contributed by atoms with Gasteiger partial charge < -0.3 is 10.6 Å². The minimum absolute atomic E-state index is 0.268. The molecule has 25 heavy (non-hydrogen) atoms. The van der Waals surface area contributed by atoms with Gasteiger partial charge in [0.15, 0.2) is 0 Å². The van der Waals surface area contributed by atoms with Gasteiger partial charge in [0.05, 0.1) is 15.6 Å². The van der Waals surface area contributed by atoms with Crippen LogP contribution in [0, 0.1) is 6.92 Å². The van der Waals surface area contributed by atoms with Gasteiger partial charge in [-0.25, -0.2) is 4.98 Å². The lowest BCUT2D eigenvalue weighted by atomic mass is 10.1. The van der Waals surface area contributed by atoms with Crippen molar-refractivity contribution in [2.24, 2.45) is 0 Å². The first-order valence-electron chi connectivity index (χ1n) is 7.42. The normalized spacial score (nSPS) is 10.3. The van der Waals surface area contributed by atoms with E-state index in [-0.39, 0.29) is 11.8 Å². The number of pyridine rings is 1. The number of thiophene rings is 1. The van der Waals surface area contributed by atoms with E-state index in [9.17, 15) is 9.59 Å². The van der Waals surface area contributed by atoms with Crippen molar-refractivity contribution in [1.29, 1.82) is 0 Å². The Labute approximate surface area is 153 Å². The Morgan fingerprint density at radius 1 is 1.08 bits per heavy atom. The summed E-state index contributed by atoms with van der Waals surface area (Å²) in [6.07, 6.45) is 1.61. The van der Waals surface area contributed by atoms with Crippen LogP contribution in [0.25, 0.3) is 0 Å². The zero-order valence-corrected chi connectivity index (χ0v) is 14.8. The second kappa shape index (κ2) is 7.46. The van der Waals surface area contributed by atoms with Crippen molar-refractivity contribution in [1.82, 2.24) is 4.98 Å². The van der Waals surface area contributed by atoms with Crippen LogP contribution in [0.4, 0.5) is 11.5 Å². The van der Waals surface area contributed by atoms with E-state index < -0.39 is 0 Å². The first kappa shape index (κ1) is 17.1. The molecule has 0 fully saturated rings. The van der Waals surface area contributed by atoms with E-state index in [2.05, 4.69) is 15.6 Å². The highest BCUT2D eigenvalue weighted by Crippen LogP contribution is 2.25. The molecule has 2 amide bonds. The molecule has 0 radical (unpaired) electrons. The number of amides is 2. The van der Waals surface area contributed by atoms with Gasteiger partial charge in [0, 0.05) is 11.8 Å². The molecule has 0 aliphatic carbocycles. The minimum atomic E-state index is -0.329. The van der Waals surface area contributed by atoms with Crippen molar-refractivity contribution in [3.05, 3.63) is 75.1 Å². The van der Waals surface area contributed by atoms with Crippen LogP contribution in [0.1, 0.15) is 25.6 Å². The summed E-state index contributed by atoms with van der Waals surface area (Å²) in [5.41, 5.74) is 1.61. The van der Waals surface area contributed by atoms with Gasteiger partial charge >= 0.3 is 0 Å². The van der Waals surface area contributed by atoms with Gasteiger partial charge in [-0.15, -0.1) is 11.3 Å². The highest BCUT2D eigenvalue weighted by molar-refractivity contribution is 7.12. The van der Waals surface area contributed by atoms with Crippen LogP contribution < -0.4 is 10.6 Å². The van der Waals surface area contributed by atoms with E-state index in [1.54, 1.807) is 42.6 Å². The van der Waals surface area contributed by atoms with Crippen LogP contribution in [-0.2, 0) is 0 Å². The summed E-state index contributed by atoms with van der Waals surface area (Å²) in [5, 5.41) is 7.65. The van der Waals surface area contributed by atoms with Gasteiger partial charge in [0.1, 0.15) is 5.82 Å². The van der Waals surface area contributed by atoms with E-state index in [0.29, 0.717) is 27.0 Å². The van der Waals surface area contributed by atoms with Crippen LogP contribution in [0.5, 0.6) is 0 Å².